The number of rotatable bonds is 1. The van der Waals surface area contributed by atoms with Crippen molar-refractivity contribution in [2.75, 3.05) is 30.9 Å². The van der Waals surface area contributed by atoms with Crippen molar-refractivity contribution < 1.29 is 23.2 Å². The molecule has 1 aliphatic heterocycles. The third-order valence-electron chi connectivity index (χ3n) is 1.84. The van der Waals surface area contributed by atoms with Crippen LogP contribution in [0.4, 0.5) is 10.7 Å². The summed E-state index contributed by atoms with van der Waals surface area (Å²) in [6.45, 7) is -9.50. The molecule has 1 amide bonds. The van der Waals surface area contributed by atoms with Gasteiger partial charge in [-0.3, -0.25) is 0 Å². The summed E-state index contributed by atoms with van der Waals surface area (Å²) < 4.78 is 85.8. The number of carbonyl (C=O) groups is 1. The van der Waals surface area contributed by atoms with Crippen LogP contribution in [-0.2, 0) is 4.74 Å². The molecule has 1 aliphatic rings. The van der Waals surface area contributed by atoms with Gasteiger partial charge in [-0.2, -0.15) is 0 Å². The molecule has 1 aromatic heterocycles. The molecule has 0 bridgehead atoms. The molecule has 0 spiro atoms. The lowest BCUT2D eigenvalue weighted by Crippen LogP contribution is -2.50. The van der Waals surface area contributed by atoms with Gasteiger partial charge in [-0.1, -0.05) is 0 Å². The van der Waals surface area contributed by atoms with E-state index >= 15 is 0 Å². The SMILES string of the molecule is [2H]c1nc(N2C([2H])([2H])C([2H])([2H])N(C(=O)OC(C)(C)C)C([2H])([2H])C2([2H])[2H])nc(Br)c1[2H]. The van der Waals surface area contributed by atoms with E-state index in [1.54, 1.807) is 0 Å². The quantitative estimate of drug-likeness (QED) is 0.725. The highest BCUT2D eigenvalue weighted by Gasteiger charge is 2.26. The maximum absolute atomic E-state index is 12.6. The highest BCUT2D eigenvalue weighted by molar-refractivity contribution is 9.10. The summed E-state index contributed by atoms with van der Waals surface area (Å²) in [7, 11) is 0. The van der Waals surface area contributed by atoms with Gasteiger partial charge in [0.25, 0.3) is 0 Å². The Labute approximate surface area is 141 Å². The summed E-state index contributed by atoms with van der Waals surface area (Å²) in [6.07, 6.45) is -2.33. The number of hydrogen-bond donors (Lipinski definition) is 0. The Morgan fingerprint density at radius 3 is 2.65 bits per heavy atom. The van der Waals surface area contributed by atoms with E-state index in [1.165, 1.54) is 20.8 Å². The zero-order chi connectivity index (χ0) is 23.7. The van der Waals surface area contributed by atoms with Crippen LogP contribution in [0.1, 0.15) is 34.5 Å². The molecule has 1 saturated heterocycles. The third kappa shape index (κ3) is 4.06. The van der Waals surface area contributed by atoms with Crippen molar-refractivity contribution in [3.8, 4) is 0 Å². The Hall–Kier alpha value is -1.37. The van der Waals surface area contributed by atoms with Gasteiger partial charge in [-0.15, -0.1) is 0 Å². The number of hydrogen-bond acceptors (Lipinski definition) is 5. The number of carbonyl (C=O) groups excluding carboxylic acids is 1. The minimum atomic E-state index is -3.47. The lowest BCUT2D eigenvalue weighted by molar-refractivity contribution is 0.0240. The molecule has 1 aromatic rings. The molecule has 0 saturated carbocycles. The van der Waals surface area contributed by atoms with Crippen molar-refractivity contribution in [3.63, 3.8) is 0 Å². The Kier molecular flexibility index (Phi) is 1.96. The first-order chi connectivity index (χ1) is 13.2. The van der Waals surface area contributed by atoms with E-state index in [0.717, 1.165) is 0 Å². The summed E-state index contributed by atoms with van der Waals surface area (Å²) in [5, 5.41) is 0. The van der Waals surface area contributed by atoms with Crippen LogP contribution in [0.25, 0.3) is 0 Å². The van der Waals surface area contributed by atoms with Gasteiger partial charge >= 0.3 is 6.09 Å². The van der Waals surface area contributed by atoms with Crippen LogP contribution < -0.4 is 4.90 Å². The van der Waals surface area contributed by atoms with Crippen molar-refractivity contribution in [2.45, 2.75) is 26.4 Å². The first kappa shape index (κ1) is 6.60. The largest absolute Gasteiger partial charge is 0.444 e. The molecule has 0 radical (unpaired) electrons. The minimum absolute atomic E-state index is 0.0108. The Bertz CT molecular complexity index is 825. The number of aromatic nitrogens is 2. The van der Waals surface area contributed by atoms with E-state index in [9.17, 15) is 4.79 Å². The maximum atomic E-state index is 12.6. The van der Waals surface area contributed by atoms with Crippen LogP contribution in [-0.4, -0.2) is 52.5 Å². The molecule has 110 valence electrons. The van der Waals surface area contributed by atoms with Crippen LogP contribution in [0.3, 0.4) is 0 Å². The van der Waals surface area contributed by atoms with E-state index in [-0.39, 0.29) is 14.4 Å². The molecule has 2 heterocycles. The van der Waals surface area contributed by atoms with Gasteiger partial charge in [0.15, 0.2) is 0 Å². The molecule has 0 N–H and O–H groups in total. The maximum Gasteiger partial charge on any atom is 0.410 e. The number of ether oxygens (including phenoxy) is 1. The van der Waals surface area contributed by atoms with Gasteiger partial charge in [0, 0.05) is 32.2 Å². The van der Waals surface area contributed by atoms with Crippen LogP contribution in [0.2, 0.25) is 0 Å². The fourth-order valence-corrected chi connectivity index (χ4v) is 1.37. The summed E-state index contributed by atoms with van der Waals surface area (Å²) in [4.78, 5) is 19.5. The van der Waals surface area contributed by atoms with E-state index in [4.69, 9.17) is 18.4 Å². The molecular weight excluding hydrogens is 324 g/mol. The van der Waals surface area contributed by atoms with Gasteiger partial charge in [0.2, 0.25) is 5.95 Å². The highest BCUT2D eigenvalue weighted by Crippen LogP contribution is 2.16. The molecule has 2 rings (SSSR count). The molecule has 0 aliphatic carbocycles. The number of nitrogens with zero attached hydrogens (tertiary/aromatic N) is 4. The Balaban J connectivity index is 2.76. The standard InChI is InChI=1S/C13H19BrN4O2/c1-13(2,3)20-12(19)18-8-6-17(7-9-18)11-15-5-4-10(14)16-11/h4-5H,6-9H2,1-3H3/i4D,5D,6D2,7D2,8D2,9D2. The number of amides is 1. The number of halogens is 1. The van der Waals surface area contributed by atoms with Crippen molar-refractivity contribution in [1.29, 1.82) is 0 Å². The normalized spacial score (nSPS) is 33.6. The van der Waals surface area contributed by atoms with Gasteiger partial charge in [-0.25, -0.2) is 14.8 Å². The van der Waals surface area contributed by atoms with E-state index < -0.39 is 55.8 Å². The zero-order valence-electron chi connectivity index (χ0n) is 21.0. The smallest absolute Gasteiger partial charge is 0.410 e. The van der Waals surface area contributed by atoms with Crippen molar-refractivity contribution in [2.24, 2.45) is 0 Å². The van der Waals surface area contributed by atoms with Crippen molar-refractivity contribution in [3.05, 3.63) is 16.8 Å². The monoisotopic (exact) mass is 352 g/mol. The molecule has 0 atom stereocenters. The van der Waals surface area contributed by atoms with Crippen molar-refractivity contribution >= 4 is 28.0 Å². The van der Waals surface area contributed by atoms with Crippen LogP contribution >= 0.6 is 15.9 Å². The molecule has 7 heteroatoms. The second-order valence-electron chi connectivity index (χ2n) is 4.65. The predicted octanol–water partition coefficient (Wildman–Crippen LogP) is 2.30. The highest BCUT2D eigenvalue weighted by atomic mass is 79.9. The lowest BCUT2D eigenvalue weighted by Gasteiger charge is -2.35. The average molecular weight is 353 g/mol. The summed E-state index contributed by atoms with van der Waals surface area (Å²) in [5.41, 5.74) is -1.20. The van der Waals surface area contributed by atoms with Crippen LogP contribution in [0, 0.1) is 0 Å². The summed E-state index contributed by atoms with van der Waals surface area (Å²) in [6, 6.07) is -0.488. The zero-order valence-corrected chi connectivity index (χ0v) is 12.6. The van der Waals surface area contributed by atoms with Crippen LogP contribution in [0.5, 0.6) is 0 Å². The summed E-state index contributed by atoms with van der Waals surface area (Å²) in [5.74, 6) is -0.880. The molecule has 0 aromatic carbocycles. The first-order valence-corrected chi connectivity index (χ1v) is 6.33. The fourth-order valence-electron chi connectivity index (χ4n) is 1.12. The predicted molar refractivity (Wildman–Crippen MR) is 79.8 cm³/mol. The summed E-state index contributed by atoms with van der Waals surface area (Å²) >= 11 is 2.86. The molecule has 6 nitrogen and oxygen atoms in total. The van der Waals surface area contributed by atoms with Gasteiger partial charge in [-0.05, 0) is 42.7 Å². The number of piperazine rings is 1. The lowest BCUT2D eigenvalue weighted by atomic mass is 10.2. The minimum Gasteiger partial charge on any atom is -0.444 e. The molecule has 20 heavy (non-hydrogen) atoms. The van der Waals surface area contributed by atoms with Gasteiger partial charge in [0.05, 0.1) is 13.7 Å². The second kappa shape index (κ2) is 5.95. The first-order valence-electron chi connectivity index (χ1n) is 10.5. The molecular formula is C13H19BrN4O2. The van der Waals surface area contributed by atoms with Gasteiger partial charge < -0.3 is 14.5 Å². The number of anilines is 1. The molecule has 0 unspecified atom stereocenters. The average Bonchev–Trinajstić information content (AvgIpc) is 2.48. The Morgan fingerprint density at radius 1 is 1.45 bits per heavy atom. The third-order valence-corrected chi connectivity index (χ3v) is 2.21. The van der Waals surface area contributed by atoms with Gasteiger partial charge in [0.1, 0.15) is 10.2 Å². The molecule has 1 fully saturated rings. The van der Waals surface area contributed by atoms with E-state index in [1.807, 2.05) is 0 Å². The fraction of sp³-hybridized carbons (Fsp3) is 0.615. The topological polar surface area (TPSA) is 58.6 Å². The van der Waals surface area contributed by atoms with E-state index in [2.05, 4.69) is 25.9 Å². The van der Waals surface area contributed by atoms with E-state index in [0.29, 0.717) is 0 Å². The second-order valence-corrected chi connectivity index (χ2v) is 5.40. The van der Waals surface area contributed by atoms with Crippen LogP contribution in [0.15, 0.2) is 16.8 Å². The van der Waals surface area contributed by atoms with Crippen molar-refractivity contribution in [1.82, 2.24) is 14.9 Å². The Morgan fingerprint density at radius 2 is 2.10 bits per heavy atom.